The summed E-state index contributed by atoms with van der Waals surface area (Å²) in [5.41, 5.74) is 3.27. The summed E-state index contributed by atoms with van der Waals surface area (Å²) in [5, 5.41) is 26.8. The van der Waals surface area contributed by atoms with Crippen molar-refractivity contribution in [3.8, 4) is 0 Å². The van der Waals surface area contributed by atoms with Gasteiger partial charge in [0.25, 0.3) is 0 Å². The number of nitrogens with zero attached hydrogens (tertiary/aromatic N) is 3. The van der Waals surface area contributed by atoms with E-state index in [9.17, 15) is 19.5 Å². The molecule has 1 aromatic carbocycles. The fraction of sp³-hybridized carbons (Fsp3) is 0.606. The molecule has 0 bridgehead atoms. The molecule has 5 N–H and O–H groups in total. The number of aldehydes is 1. The number of benzene rings is 1. The maximum atomic E-state index is 10.3. The van der Waals surface area contributed by atoms with Crippen LogP contribution < -0.4 is 16.0 Å². The highest BCUT2D eigenvalue weighted by Crippen LogP contribution is 2.18. The van der Waals surface area contributed by atoms with Gasteiger partial charge in [-0.2, -0.15) is 0 Å². The summed E-state index contributed by atoms with van der Waals surface area (Å²) in [6, 6.07) is 10.2. The van der Waals surface area contributed by atoms with Gasteiger partial charge in [-0.25, -0.2) is 9.97 Å². The molecular weight excluding hydrogens is 560 g/mol. The predicted molar refractivity (Wildman–Crippen MR) is 175 cm³/mol. The third-order valence-corrected chi connectivity index (χ3v) is 7.08. The molecule has 1 aliphatic heterocycles. The van der Waals surface area contributed by atoms with E-state index >= 15 is 0 Å². The molecule has 2 heterocycles. The first kappa shape index (κ1) is 38.6. The second-order valence-corrected chi connectivity index (χ2v) is 10.8. The van der Waals surface area contributed by atoms with Gasteiger partial charge in [0.1, 0.15) is 17.8 Å². The van der Waals surface area contributed by atoms with E-state index in [0.717, 1.165) is 71.2 Å². The summed E-state index contributed by atoms with van der Waals surface area (Å²) >= 11 is 0. The molecule has 11 nitrogen and oxygen atoms in total. The van der Waals surface area contributed by atoms with E-state index in [-0.39, 0.29) is 6.10 Å². The summed E-state index contributed by atoms with van der Waals surface area (Å²) in [7, 11) is 1.87. The van der Waals surface area contributed by atoms with Crippen molar-refractivity contribution < 1.29 is 24.6 Å². The number of β-amino-alcohol motifs (C(OH)–C–C–N with tert-alkyl or cyclic N) is 1. The van der Waals surface area contributed by atoms with Crippen molar-refractivity contribution in [1.29, 1.82) is 0 Å². The number of amides is 1. The van der Waals surface area contributed by atoms with E-state index in [4.69, 9.17) is 5.11 Å². The number of rotatable bonds is 20. The van der Waals surface area contributed by atoms with Crippen LogP contribution in [0.4, 0.5) is 5.82 Å². The molecule has 246 valence electrons. The number of carboxylic acids is 1. The zero-order valence-electron chi connectivity index (χ0n) is 26.7. The molecule has 1 unspecified atom stereocenters. The molecule has 0 saturated heterocycles. The Morgan fingerprint density at radius 1 is 1.00 bits per heavy atom. The number of unbranched alkanes of at least 4 members (excludes halogenated alkanes) is 8. The van der Waals surface area contributed by atoms with Crippen molar-refractivity contribution in [3.63, 3.8) is 0 Å². The lowest BCUT2D eigenvalue weighted by Crippen LogP contribution is -2.40. The van der Waals surface area contributed by atoms with Crippen molar-refractivity contribution >= 4 is 24.5 Å². The number of carbonyl (C=O) groups is 3. The standard InChI is InChI=1S/C13H20N2O.C13H25NO3.C7H9N3O/c1-14-8-13(16)10-15-7-6-11-4-2-3-5-12(11)9-15;15-12-14-11-9-7-5-3-1-2-4-6-8-10-13(16)17;1-2-8-7-3-6(4-11)9-5-10-7/h2-5,13-14,16H,6-10H2,1H3;12H,1-11H2,(H,14,15)(H,16,17);3-5H,2H2,1H3,(H,8,9,10). The number of aliphatic hydroxyl groups excluding tert-OH is 1. The van der Waals surface area contributed by atoms with Crippen LogP contribution in [0.3, 0.4) is 0 Å². The average Bonchev–Trinajstić information content (AvgIpc) is 3.02. The fourth-order valence-electron chi connectivity index (χ4n) is 4.82. The molecule has 0 spiro atoms. The molecule has 0 fully saturated rings. The number of hydrogen-bond acceptors (Lipinski definition) is 9. The van der Waals surface area contributed by atoms with Crippen molar-refractivity contribution in [1.82, 2.24) is 25.5 Å². The van der Waals surface area contributed by atoms with Crippen LogP contribution in [0.2, 0.25) is 0 Å². The zero-order valence-corrected chi connectivity index (χ0v) is 26.7. The van der Waals surface area contributed by atoms with Crippen LogP contribution in [0.15, 0.2) is 36.7 Å². The van der Waals surface area contributed by atoms with Crippen molar-refractivity contribution in [2.24, 2.45) is 0 Å². The molecule has 1 aromatic heterocycles. The van der Waals surface area contributed by atoms with E-state index in [0.29, 0.717) is 30.8 Å². The van der Waals surface area contributed by atoms with Gasteiger partial charge in [0.15, 0.2) is 6.29 Å². The summed E-state index contributed by atoms with van der Waals surface area (Å²) in [4.78, 5) is 40.4. The number of aliphatic carboxylic acids is 1. The first-order valence-corrected chi connectivity index (χ1v) is 15.9. The Morgan fingerprint density at radius 3 is 2.27 bits per heavy atom. The number of nitrogens with one attached hydrogen (secondary N) is 3. The maximum absolute atomic E-state index is 10.3. The third-order valence-electron chi connectivity index (χ3n) is 7.08. The number of aromatic nitrogens is 2. The van der Waals surface area contributed by atoms with E-state index in [1.807, 2.05) is 14.0 Å². The van der Waals surface area contributed by atoms with Gasteiger partial charge in [-0.1, -0.05) is 69.2 Å². The van der Waals surface area contributed by atoms with Crippen LogP contribution in [-0.2, 0) is 22.6 Å². The molecule has 0 saturated carbocycles. The van der Waals surface area contributed by atoms with E-state index < -0.39 is 5.97 Å². The second-order valence-electron chi connectivity index (χ2n) is 10.8. The van der Waals surface area contributed by atoms with Crippen LogP contribution in [0, 0.1) is 0 Å². The van der Waals surface area contributed by atoms with Crippen LogP contribution in [-0.4, -0.2) is 89.6 Å². The summed E-state index contributed by atoms with van der Waals surface area (Å²) in [6.45, 7) is 6.98. The van der Waals surface area contributed by atoms with Crippen LogP contribution in [0.25, 0.3) is 0 Å². The summed E-state index contributed by atoms with van der Waals surface area (Å²) in [6.07, 6.45) is 14.1. The molecule has 1 aliphatic rings. The Kier molecular flexibility index (Phi) is 22.8. The van der Waals surface area contributed by atoms with Crippen molar-refractivity contribution in [2.75, 3.05) is 45.1 Å². The number of likely N-dealkylation sites (N-methyl/N-ethyl adjacent to an activating group) is 1. The van der Waals surface area contributed by atoms with Gasteiger partial charge in [-0.05, 0) is 44.4 Å². The number of carboxylic acid groups (broad SMARTS) is 1. The normalized spacial score (nSPS) is 12.8. The van der Waals surface area contributed by atoms with Gasteiger partial charge < -0.3 is 26.2 Å². The lowest BCUT2D eigenvalue weighted by atomic mass is 10.00. The fourth-order valence-corrected chi connectivity index (χ4v) is 4.82. The molecule has 0 aliphatic carbocycles. The van der Waals surface area contributed by atoms with Gasteiger partial charge in [-0.3, -0.25) is 19.3 Å². The van der Waals surface area contributed by atoms with Gasteiger partial charge in [-0.15, -0.1) is 0 Å². The largest absolute Gasteiger partial charge is 0.481 e. The number of carbonyl (C=O) groups excluding carboxylic acids is 2. The average molecular weight is 615 g/mol. The zero-order chi connectivity index (χ0) is 32.3. The van der Waals surface area contributed by atoms with Gasteiger partial charge in [0.2, 0.25) is 6.41 Å². The Bertz CT molecular complexity index is 1040. The monoisotopic (exact) mass is 614 g/mol. The van der Waals surface area contributed by atoms with Crippen LogP contribution >= 0.6 is 0 Å². The highest BCUT2D eigenvalue weighted by Gasteiger charge is 2.17. The smallest absolute Gasteiger partial charge is 0.303 e. The lowest BCUT2D eigenvalue weighted by molar-refractivity contribution is -0.137. The second kappa shape index (κ2) is 26.0. The minimum absolute atomic E-state index is 0.268. The molecule has 2 aromatic rings. The minimum atomic E-state index is -0.686. The number of fused-ring (bicyclic) bond motifs is 1. The Morgan fingerprint density at radius 2 is 1.66 bits per heavy atom. The molecule has 1 amide bonds. The first-order valence-electron chi connectivity index (χ1n) is 15.9. The minimum Gasteiger partial charge on any atom is -0.481 e. The van der Waals surface area contributed by atoms with E-state index in [1.165, 1.54) is 49.6 Å². The van der Waals surface area contributed by atoms with Gasteiger partial charge in [0, 0.05) is 51.8 Å². The Balaban J connectivity index is 0.000000337. The molecular formula is C33H54N6O5. The summed E-state index contributed by atoms with van der Waals surface area (Å²) < 4.78 is 0. The number of hydrogen-bond donors (Lipinski definition) is 5. The first-order chi connectivity index (χ1) is 21.4. The number of anilines is 1. The Labute approximate surface area is 263 Å². The molecule has 0 radical (unpaired) electrons. The molecule has 3 rings (SSSR count). The predicted octanol–water partition coefficient (Wildman–Crippen LogP) is 4.06. The van der Waals surface area contributed by atoms with Crippen molar-refractivity contribution in [2.45, 2.75) is 90.2 Å². The lowest BCUT2D eigenvalue weighted by Gasteiger charge is -2.30. The quantitative estimate of drug-likeness (QED) is 0.109. The highest BCUT2D eigenvalue weighted by atomic mass is 16.4. The number of aliphatic hydroxyl groups is 1. The molecule has 1 atom stereocenters. The van der Waals surface area contributed by atoms with Crippen LogP contribution in [0.1, 0.15) is 92.7 Å². The molecule has 11 heteroatoms. The SMILES string of the molecule is CCNc1cc(C=O)ncn1.CNCC(O)CN1CCc2ccccc2C1.O=CNCCCCCCCCCCCC(=O)O. The van der Waals surface area contributed by atoms with Gasteiger partial charge in [0.05, 0.1) is 6.10 Å². The third kappa shape index (κ3) is 19.7. The van der Waals surface area contributed by atoms with E-state index in [1.54, 1.807) is 6.07 Å². The maximum Gasteiger partial charge on any atom is 0.303 e. The summed E-state index contributed by atoms with van der Waals surface area (Å²) in [5.74, 6) is -0.00136. The highest BCUT2D eigenvalue weighted by molar-refractivity contribution is 5.72. The van der Waals surface area contributed by atoms with E-state index in [2.05, 4.69) is 55.1 Å². The van der Waals surface area contributed by atoms with Crippen molar-refractivity contribution in [3.05, 3.63) is 53.5 Å². The van der Waals surface area contributed by atoms with Crippen LogP contribution in [0.5, 0.6) is 0 Å². The Hall–Kier alpha value is -3.41. The topological polar surface area (TPSA) is 157 Å². The molecule has 44 heavy (non-hydrogen) atoms. The van der Waals surface area contributed by atoms with Gasteiger partial charge >= 0.3 is 5.97 Å².